The van der Waals surface area contributed by atoms with Gasteiger partial charge in [0.25, 0.3) is 0 Å². The van der Waals surface area contributed by atoms with Crippen LogP contribution < -0.4 is 34.9 Å². The minimum atomic E-state index is -1.23. The highest BCUT2D eigenvalue weighted by molar-refractivity contribution is 5.90. The Morgan fingerprint density at radius 3 is 1.37 bits per heavy atom. The molecule has 0 bridgehead atoms. The maximum atomic E-state index is 14.3. The van der Waals surface area contributed by atoms with Crippen molar-refractivity contribution in [2.45, 2.75) is 51.4 Å². The van der Waals surface area contributed by atoms with Crippen LogP contribution in [0.25, 0.3) is 0 Å². The molecule has 13 nitrogen and oxygen atoms in total. The predicted octanol–water partition coefficient (Wildman–Crippen LogP) is 7.88. The highest BCUT2D eigenvalue weighted by atomic mass is 16.6. The maximum absolute atomic E-state index is 14.3. The smallest absolute Gasteiger partial charge is 0.412 e. The van der Waals surface area contributed by atoms with Crippen molar-refractivity contribution in [3.05, 3.63) is 191 Å². The lowest BCUT2D eigenvalue weighted by Crippen LogP contribution is -2.53. The number of benzene rings is 6. The van der Waals surface area contributed by atoms with E-state index < -0.39 is 36.1 Å². The van der Waals surface area contributed by atoms with Gasteiger partial charge in [-0.1, -0.05) is 133 Å². The quantitative estimate of drug-likeness (QED) is 0.0645. The fourth-order valence-corrected chi connectivity index (χ4v) is 6.34. The molecule has 0 spiro atoms. The number of amides is 3. The molecule has 0 saturated heterocycles. The third-order valence-corrected chi connectivity index (χ3v) is 9.64. The molecule has 324 valence electrons. The van der Waals surface area contributed by atoms with Crippen molar-refractivity contribution in [2.24, 2.45) is 0 Å². The van der Waals surface area contributed by atoms with Crippen molar-refractivity contribution < 1.29 is 47.6 Å². The Kier molecular flexibility index (Phi) is 16.5. The Labute approximate surface area is 366 Å². The summed E-state index contributed by atoms with van der Waals surface area (Å²) in [6.45, 7) is 0.670. The van der Waals surface area contributed by atoms with E-state index in [0.717, 1.165) is 22.3 Å². The lowest BCUT2D eigenvalue weighted by atomic mass is 10.0. The Balaban J connectivity index is 1.24. The van der Waals surface area contributed by atoms with E-state index >= 15 is 0 Å². The topological polar surface area (TPSA) is 160 Å². The molecule has 2 unspecified atom stereocenters. The number of alkyl carbamates (subject to hydrolysis) is 1. The number of hydrogen-bond acceptors (Lipinski definition) is 10. The lowest BCUT2D eigenvalue weighted by molar-refractivity contribution is -0.145. The summed E-state index contributed by atoms with van der Waals surface area (Å²) in [5.74, 6) is -0.119. The zero-order valence-corrected chi connectivity index (χ0v) is 35.0. The number of carbonyl (C=O) groups excluding carboxylic acids is 4. The number of carbonyl (C=O) groups is 4. The van der Waals surface area contributed by atoms with E-state index in [1.54, 1.807) is 36.4 Å². The number of nitrogens with one attached hydrogen (secondary N) is 3. The van der Waals surface area contributed by atoms with Gasteiger partial charge in [0.1, 0.15) is 38.5 Å². The van der Waals surface area contributed by atoms with E-state index in [1.807, 2.05) is 121 Å². The molecule has 3 amide bonds. The standard InChI is InChI=1S/C50H49N3O10/c1-51-49(56)63-44-26-24-40(30-46(44)61-33-37-19-11-5-12-20-37)28-42(48(55)58-2)52-47(54)41(53-50(57)62-34-38-21-13-6-14-22-38)27-39-23-25-43(59-31-35-15-7-3-8-16-35)45(29-39)60-32-36-17-9-4-10-18-36/h3-26,29-30,41-42H,27-28,31-34H2,1-2H3,(H,51,56)(H,52,54)(H,53,57). The highest BCUT2D eigenvalue weighted by Crippen LogP contribution is 2.32. The molecule has 0 fully saturated rings. The van der Waals surface area contributed by atoms with Gasteiger partial charge in [-0.05, 0) is 57.6 Å². The van der Waals surface area contributed by atoms with E-state index in [2.05, 4.69) is 16.0 Å². The first-order chi connectivity index (χ1) is 30.8. The molecular weight excluding hydrogens is 803 g/mol. The van der Waals surface area contributed by atoms with Crippen molar-refractivity contribution in [2.75, 3.05) is 14.2 Å². The van der Waals surface area contributed by atoms with Crippen molar-refractivity contribution in [3.63, 3.8) is 0 Å². The summed E-state index contributed by atoms with van der Waals surface area (Å²) in [7, 11) is 2.65. The van der Waals surface area contributed by atoms with Gasteiger partial charge in [0.05, 0.1) is 7.11 Å². The molecule has 2 atom stereocenters. The zero-order chi connectivity index (χ0) is 44.2. The third-order valence-electron chi connectivity index (χ3n) is 9.64. The van der Waals surface area contributed by atoms with Crippen LogP contribution in [0.2, 0.25) is 0 Å². The number of esters is 1. The van der Waals surface area contributed by atoms with E-state index in [4.69, 9.17) is 28.4 Å². The third kappa shape index (κ3) is 14.1. The molecule has 0 aliphatic carbocycles. The average Bonchev–Trinajstić information content (AvgIpc) is 3.32. The largest absolute Gasteiger partial charge is 0.485 e. The van der Waals surface area contributed by atoms with Gasteiger partial charge in [-0.3, -0.25) is 4.79 Å². The summed E-state index contributed by atoms with van der Waals surface area (Å²) in [6, 6.07) is 45.6. The monoisotopic (exact) mass is 851 g/mol. The van der Waals surface area contributed by atoms with Crippen LogP contribution >= 0.6 is 0 Å². The second kappa shape index (κ2) is 23.3. The van der Waals surface area contributed by atoms with E-state index in [0.29, 0.717) is 29.2 Å². The molecule has 0 heterocycles. The normalized spacial score (nSPS) is 11.5. The van der Waals surface area contributed by atoms with Gasteiger partial charge in [0.15, 0.2) is 23.0 Å². The fraction of sp³-hybridized carbons (Fsp3) is 0.200. The van der Waals surface area contributed by atoms with Crippen LogP contribution in [0.1, 0.15) is 33.4 Å². The van der Waals surface area contributed by atoms with Gasteiger partial charge in [-0.15, -0.1) is 0 Å². The summed E-state index contributed by atoms with van der Waals surface area (Å²) in [4.78, 5) is 53.1. The molecular formula is C50H49N3O10. The Morgan fingerprint density at radius 2 is 0.889 bits per heavy atom. The predicted molar refractivity (Wildman–Crippen MR) is 235 cm³/mol. The number of rotatable bonds is 20. The molecule has 13 heteroatoms. The summed E-state index contributed by atoms with van der Waals surface area (Å²) >= 11 is 0. The second-order valence-electron chi connectivity index (χ2n) is 14.3. The number of methoxy groups -OCH3 is 1. The molecule has 6 aromatic rings. The van der Waals surface area contributed by atoms with Crippen LogP contribution in [-0.4, -0.2) is 50.3 Å². The van der Waals surface area contributed by atoms with Crippen LogP contribution in [0.15, 0.2) is 158 Å². The molecule has 0 aromatic heterocycles. The maximum Gasteiger partial charge on any atom is 0.412 e. The van der Waals surface area contributed by atoms with Gasteiger partial charge in [0, 0.05) is 19.9 Å². The summed E-state index contributed by atoms with van der Waals surface area (Å²) in [5.41, 5.74) is 4.71. The molecule has 0 aliphatic heterocycles. The zero-order valence-electron chi connectivity index (χ0n) is 35.0. The van der Waals surface area contributed by atoms with Crippen molar-refractivity contribution >= 4 is 24.1 Å². The molecule has 0 radical (unpaired) electrons. The molecule has 0 aliphatic rings. The highest BCUT2D eigenvalue weighted by Gasteiger charge is 2.29. The summed E-state index contributed by atoms with van der Waals surface area (Å²) in [6.07, 6.45) is -1.61. The minimum absolute atomic E-state index is 0.0240. The lowest BCUT2D eigenvalue weighted by Gasteiger charge is -2.23. The average molecular weight is 852 g/mol. The van der Waals surface area contributed by atoms with Gasteiger partial charge in [-0.25, -0.2) is 14.4 Å². The van der Waals surface area contributed by atoms with Crippen LogP contribution in [0.5, 0.6) is 23.0 Å². The van der Waals surface area contributed by atoms with Crippen molar-refractivity contribution in [1.29, 1.82) is 0 Å². The van der Waals surface area contributed by atoms with Gasteiger partial charge in [-0.2, -0.15) is 0 Å². The first-order valence-electron chi connectivity index (χ1n) is 20.3. The van der Waals surface area contributed by atoms with Crippen molar-refractivity contribution in [3.8, 4) is 23.0 Å². The Morgan fingerprint density at radius 1 is 0.460 bits per heavy atom. The number of ether oxygens (including phenoxy) is 6. The van der Waals surface area contributed by atoms with Crippen molar-refractivity contribution in [1.82, 2.24) is 16.0 Å². The first kappa shape index (κ1) is 44.7. The fourth-order valence-electron chi connectivity index (χ4n) is 6.34. The first-order valence-corrected chi connectivity index (χ1v) is 20.3. The summed E-state index contributed by atoms with van der Waals surface area (Å²) in [5, 5.41) is 7.90. The Bertz CT molecular complexity index is 2400. The van der Waals surface area contributed by atoms with E-state index in [1.165, 1.54) is 14.2 Å². The van der Waals surface area contributed by atoms with Crippen LogP contribution in [-0.2, 0) is 58.3 Å². The molecule has 6 aromatic carbocycles. The number of hydrogen-bond donors (Lipinski definition) is 3. The van der Waals surface area contributed by atoms with Crippen LogP contribution in [0.3, 0.4) is 0 Å². The van der Waals surface area contributed by atoms with Gasteiger partial charge in [0.2, 0.25) is 5.91 Å². The second-order valence-corrected chi connectivity index (χ2v) is 14.3. The molecule has 3 N–H and O–H groups in total. The molecule has 0 saturated carbocycles. The van der Waals surface area contributed by atoms with Crippen LogP contribution in [0, 0.1) is 0 Å². The van der Waals surface area contributed by atoms with Gasteiger partial charge < -0.3 is 44.4 Å². The van der Waals surface area contributed by atoms with E-state index in [-0.39, 0.29) is 44.2 Å². The van der Waals surface area contributed by atoms with E-state index in [9.17, 15) is 19.2 Å². The minimum Gasteiger partial charge on any atom is -0.485 e. The van der Waals surface area contributed by atoms with Gasteiger partial charge >= 0.3 is 18.2 Å². The SMILES string of the molecule is CNC(=O)Oc1ccc(CC(NC(=O)C(Cc2ccc(OCc3ccccc3)c(OCc3ccccc3)c2)NC(=O)OCc2ccccc2)C(=O)OC)cc1OCc1ccccc1. The molecule has 63 heavy (non-hydrogen) atoms. The Hall–Kier alpha value is -7.80. The summed E-state index contributed by atoms with van der Waals surface area (Å²) < 4.78 is 34.6. The molecule has 6 rings (SSSR count). The van der Waals surface area contributed by atoms with Crippen LogP contribution in [0.4, 0.5) is 9.59 Å².